The number of alkyl halides is 5. The Morgan fingerprint density at radius 1 is 1.43 bits per heavy atom. The van der Waals surface area contributed by atoms with E-state index >= 15 is 0 Å². The second kappa shape index (κ2) is 6.42. The molecule has 0 saturated carbocycles. The first-order valence-corrected chi connectivity index (χ1v) is 6.96. The molecule has 1 aromatic rings. The van der Waals surface area contributed by atoms with Crippen LogP contribution >= 0.6 is 0 Å². The van der Waals surface area contributed by atoms with Gasteiger partial charge < -0.3 is 15.4 Å². The molecule has 10 heteroatoms. The van der Waals surface area contributed by atoms with Gasteiger partial charge in [-0.15, -0.1) is 0 Å². The molecule has 2 rings (SSSR count). The van der Waals surface area contributed by atoms with Gasteiger partial charge in [-0.05, 0) is 5.92 Å². The minimum absolute atomic E-state index is 0.0545. The molecule has 2 N–H and O–H groups in total. The average Bonchev–Trinajstić information content (AvgIpc) is 2.44. The fourth-order valence-corrected chi connectivity index (χ4v) is 2.44. The Hall–Kier alpha value is -1.71. The lowest BCUT2D eigenvalue weighted by atomic mass is 9.90. The van der Waals surface area contributed by atoms with E-state index in [9.17, 15) is 22.0 Å². The number of anilines is 1. The number of methoxy groups -OCH3 is 1. The van der Waals surface area contributed by atoms with Crippen LogP contribution < -0.4 is 15.4 Å². The predicted octanol–water partition coefficient (Wildman–Crippen LogP) is 2.55. The molecule has 0 bridgehead atoms. The maximum Gasteiger partial charge on any atom is 0.423 e. The van der Waals surface area contributed by atoms with Crippen molar-refractivity contribution in [3.05, 3.63) is 11.8 Å². The van der Waals surface area contributed by atoms with Crippen molar-refractivity contribution in [2.45, 2.75) is 31.5 Å². The van der Waals surface area contributed by atoms with Gasteiger partial charge in [0.1, 0.15) is 5.56 Å². The Morgan fingerprint density at radius 2 is 2.13 bits per heavy atom. The van der Waals surface area contributed by atoms with Gasteiger partial charge in [-0.25, -0.2) is 13.8 Å². The van der Waals surface area contributed by atoms with Crippen LogP contribution in [0.15, 0.2) is 6.20 Å². The third-order valence-electron chi connectivity index (χ3n) is 3.66. The number of ether oxygens (including phenoxy) is 1. The quantitative estimate of drug-likeness (QED) is 0.825. The monoisotopic (exact) mass is 340 g/mol. The fraction of sp³-hybridized carbons (Fsp3) is 0.692. The van der Waals surface area contributed by atoms with Gasteiger partial charge in [-0.3, -0.25) is 0 Å². The summed E-state index contributed by atoms with van der Waals surface area (Å²) in [6, 6.07) is -0.258. The number of halogens is 5. The minimum atomic E-state index is -4.62. The first-order chi connectivity index (χ1) is 10.6. The number of hydrogen-bond acceptors (Lipinski definition) is 5. The molecule has 1 aliphatic heterocycles. The van der Waals surface area contributed by atoms with E-state index in [0.717, 1.165) is 7.11 Å². The summed E-state index contributed by atoms with van der Waals surface area (Å²) in [5.41, 5.74) is -1.07. The number of hydrogen-bond donors (Lipinski definition) is 2. The van der Waals surface area contributed by atoms with Crippen molar-refractivity contribution in [3.63, 3.8) is 0 Å². The Kier molecular flexibility index (Phi) is 4.92. The van der Waals surface area contributed by atoms with Gasteiger partial charge in [0.2, 0.25) is 11.8 Å². The van der Waals surface area contributed by atoms with E-state index in [1.165, 1.54) is 0 Å². The molecule has 1 aromatic heterocycles. The van der Waals surface area contributed by atoms with Gasteiger partial charge >= 0.3 is 6.18 Å². The predicted molar refractivity (Wildman–Crippen MR) is 72.6 cm³/mol. The summed E-state index contributed by atoms with van der Waals surface area (Å²) in [4.78, 5) is 7.25. The van der Waals surface area contributed by atoms with Crippen LogP contribution in [0.2, 0.25) is 0 Å². The first-order valence-electron chi connectivity index (χ1n) is 6.96. The highest BCUT2D eigenvalue weighted by Crippen LogP contribution is 2.35. The normalized spacial score (nSPS) is 24.3. The first kappa shape index (κ1) is 17.6. The van der Waals surface area contributed by atoms with Gasteiger partial charge in [0.05, 0.1) is 13.7 Å². The third kappa shape index (κ3) is 4.40. The summed E-state index contributed by atoms with van der Waals surface area (Å²) in [6.45, 7) is 1.47. The molecule has 1 aliphatic rings. The SMILES string of the molecule is COc1nc(NCC2NCC(F)(F)CC2C)ncc1C(F)(F)F. The minimum Gasteiger partial charge on any atom is -0.480 e. The van der Waals surface area contributed by atoms with Gasteiger partial charge in [0, 0.05) is 25.2 Å². The molecule has 0 amide bonds. The zero-order chi connectivity index (χ0) is 17.3. The van der Waals surface area contributed by atoms with Crippen LogP contribution in [0.25, 0.3) is 0 Å². The van der Waals surface area contributed by atoms with Gasteiger partial charge in [-0.2, -0.15) is 18.2 Å². The number of nitrogens with zero attached hydrogens (tertiary/aromatic N) is 2. The molecule has 2 atom stereocenters. The maximum absolute atomic E-state index is 13.2. The van der Waals surface area contributed by atoms with E-state index in [4.69, 9.17) is 0 Å². The molecule has 1 saturated heterocycles. The summed E-state index contributed by atoms with van der Waals surface area (Å²) in [5.74, 6) is -3.70. The number of nitrogens with one attached hydrogen (secondary N) is 2. The molecular formula is C13H17F5N4O. The van der Waals surface area contributed by atoms with Crippen molar-refractivity contribution < 1.29 is 26.7 Å². The van der Waals surface area contributed by atoms with Crippen molar-refractivity contribution in [1.82, 2.24) is 15.3 Å². The lowest BCUT2D eigenvalue weighted by molar-refractivity contribution is -0.139. The maximum atomic E-state index is 13.2. The zero-order valence-electron chi connectivity index (χ0n) is 12.5. The van der Waals surface area contributed by atoms with Crippen LogP contribution in [-0.2, 0) is 6.18 Å². The molecule has 5 nitrogen and oxygen atoms in total. The summed E-state index contributed by atoms with van der Waals surface area (Å²) in [5, 5.41) is 5.46. The van der Waals surface area contributed by atoms with E-state index in [-0.39, 0.29) is 30.9 Å². The molecule has 2 heterocycles. The molecule has 130 valence electrons. The molecule has 0 spiro atoms. The largest absolute Gasteiger partial charge is 0.480 e. The summed E-state index contributed by atoms with van der Waals surface area (Å²) in [7, 11) is 1.08. The summed E-state index contributed by atoms with van der Waals surface area (Å²) >= 11 is 0. The Bertz CT molecular complexity index is 552. The fourth-order valence-electron chi connectivity index (χ4n) is 2.44. The second-order valence-corrected chi connectivity index (χ2v) is 5.52. The van der Waals surface area contributed by atoms with Gasteiger partial charge in [0.15, 0.2) is 0 Å². The summed E-state index contributed by atoms with van der Waals surface area (Å²) in [6.07, 6.45) is -4.24. The van der Waals surface area contributed by atoms with Crippen LogP contribution in [0.4, 0.5) is 27.9 Å². The molecule has 23 heavy (non-hydrogen) atoms. The highest BCUT2D eigenvalue weighted by molar-refractivity contribution is 5.35. The van der Waals surface area contributed by atoms with Crippen molar-refractivity contribution in [3.8, 4) is 5.88 Å². The summed E-state index contributed by atoms with van der Waals surface area (Å²) < 4.78 is 69.2. The highest BCUT2D eigenvalue weighted by atomic mass is 19.4. The van der Waals surface area contributed by atoms with Crippen molar-refractivity contribution in [2.24, 2.45) is 5.92 Å². The number of rotatable bonds is 4. The molecule has 0 radical (unpaired) electrons. The van der Waals surface area contributed by atoms with E-state index in [1.807, 2.05) is 0 Å². The van der Waals surface area contributed by atoms with Crippen molar-refractivity contribution >= 4 is 5.95 Å². The molecule has 0 aromatic carbocycles. The molecular weight excluding hydrogens is 323 g/mol. The zero-order valence-corrected chi connectivity index (χ0v) is 12.5. The van der Waals surface area contributed by atoms with Gasteiger partial charge in [0.25, 0.3) is 5.92 Å². The molecule has 2 unspecified atom stereocenters. The van der Waals surface area contributed by atoms with Crippen molar-refractivity contribution in [1.29, 1.82) is 0 Å². The molecule has 0 aliphatic carbocycles. The Morgan fingerprint density at radius 3 is 2.70 bits per heavy atom. The van der Waals surface area contributed by atoms with Crippen LogP contribution in [0.5, 0.6) is 5.88 Å². The average molecular weight is 340 g/mol. The Labute approximate surface area is 129 Å². The smallest absolute Gasteiger partial charge is 0.423 e. The third-order valence-corrected chi connectivity index (χ3v) is 3.66. The highest BCUT2D eigenvalue weighted by Gasteiger charge is 2.39. The van der Waals surface area contributed by atoms with Crippen LogP contribution in [-0.4, -0.2) is 42.1 Å². The van der Waals surface area contributed by atoms with Crippen molar-refractivity contribution in [2.75, 3.05) is 25.5 Å². The van der Waals surface area contributed by atoms with Gasteiger partial charge in [-0.1, -0.05) is 6.92 Å². The number of aromatic nitrogens is 2. The van der Waals surface area contributed by atoms with Crippen LogP contribution in [0.3, 0.4) is 0 Å². The molecule has 1 fully saturated rings. The standard InChI is InChI=1S/C13H17F5N4O/c1-7-3-12(14,15)6-21-9(7)5-20-11-19-4-8(13(16,17)18)10(22-11)23-2/h4,7,9,21H,3,5-6H2,1-2H3,(H,19,20,22). The lowest BCUT2D eigenvalue weighted by Crippen LogP contribution is -2.52. The van der Waals surface area contributed by atoms with Crippen LogP contribution in [0, 0.1) is 5.92 Å². The lowest BCUT2D eigenvalue weighted by Gasteiger charge is -2.35. The van der Waals surface area contributed by atoms with E-state index < -0.39 is 30.1 Å². The second-order valence-electron chi connectivity index (χ2n) is 5.52. The van der Waals surface area contributed by atoms with E-state index in [1.54, 1.807) is 6.92 Å². The van der Waals surface area contributed by atoms with E-state index in [2.05, 4.69) is 25.3 Å². The Balaban J connectivity index is 2.01. The van der Waals surface area contributed by atoms with Crippen LogP contribution in [0.1, 0.15) is 18.9 Å². The topological polar surface area (TPSA) is 59.1 Å². The van der Waals surface area contributed by atoms with E-state index in [0.29, 0.717) is 6.20 Å². The number of piperidine rings is 1.